The summed E-state index contributed by atoms with van der Waals surface area (Å²) in [6.07, 6.45) is 3.88. The van der Waals surface area contributed by atoms with Crippen LogP contribution in [0.15, 0.2) is 54.6 Å². The van der Waals surface area contributed by atoms with Gasteiger partial charge >= 0.3 is 5.97 Å². The van der Waals surface area contributed by atoms with Crippen LogP contribution in [-0.2, 0) is 16.1 Å². The van der Waals surface area contributed by atoms with Gasteiger partial charge in [0.1, 0.15) is 6.61 Å². The minimum atomic E-state index is -0.265. The van der Waals surface area contributed by atoms with Crippen LogP contribution in [0.2, 0.25) is 0 Å². The maximum Gasteiger partial charge on any atom is 0.309 e. The van der Waals surface area contributed by atoms with Gasteiger partial charge in [-0.05, 0) is 35.4 Å². The van der Waals surface area contributed by atoms with Gasteiger partial charge in [-0.15, -0.1) is 0 Å². The second-order valence-electron chi connectivity index (χ2n) is 4.68. The molecule has 0 bridgehead atoms. The van der Waals surface area contributed by atoms with Crippen molar-refractivity contribution in [2.45, 2.75) is 13.0 Å². The molecule has 0 heterocycles. The number of anilines is 2. The maximum atomic E-state index is 11.6. The summed E-state index contributed by atoms with van der Waals surface area (Å²) in [6, 6.07) is 14.7. The summed E-state index contributed by atoms with van der Waals surface area (Å²) in [5.74, 6) is -0.265. The van der Waals surface area contributed by atoms with Crippen molar-refractivity contribution in [2.24, 2.45) is 0 Å². The highest BCUT2D eigenvalue weighted by Crippen LogP contribution is 2.09. The van der Waals surface area contributed by atoms with E-state index in [0.717, 1.165) is 16.8 Å². The van der Waals surface area contributed by atoms with Gasteiger partial charge in [0.25, 0.3) is 0 Å². The molecule has 0 fully saturated rings. The topological polar surface area (TPSA) is 78.3 Å². The predicted octanol–water partition coefficient (Wildman–Crippen LogP) is 3.00. The molecule has 0 aliphatic heterocycles. The fraction of sp³-hybridized carbons (Fsp3) is 0.118. The van der Waals surface area contributed by atoms with E-state index in [-0.39, 0.29) is 19.0 Å². The first-order valence-electron chi connectivity index (χ1n) is 6.65. The number of carbonyl (C=O) groups is 1. The van der Waals surface area contributed by atoms with Gasteiger partial charge in [-0.1, -0.05) is 36.4 Å². The Balaban J connectivity index is 1.77. The molecule has 0 saturated carbocycles. The molecule has 2 aromatic rings. The first kappa shape index (κ1) is 14.7. The van der Waals surface area contributed by atoms with Gasteiger partial charge in [-0.3, -0.25) is 4.79 Å². The molecule has 21 heavy (non-hydrogen) atoms. The van der Waals surface area contributed by atoms with Crippen molar-refractivity contribution < 1.29 is 9.53 Å². The SMILES string of the molecule is Nc1ccc(/C=C/CC(=O)OCc2ccc(N)cc2)cc1. The molecule has 4 heteroatoms. The highest BCUT2D eigenvalue weighted by molar-refractivity contribution is 5.72. The van der Waals surface area contributed by atoms with E-state index in [1.54, 1.807) is 18.2 Å². The monoisotopic (exact) mass is 282 g/mol. The van der Waals surface area contributed by atoms with Crippen LogP contribution < -0.4 is 11.5 Å². The first-order chi connectivity index (χ1) is 10.1. The second kappa shape index (κ2) is 7.14. The Kier molecular flexibility index (Phi) is 4.99. The molecule has 0 aliphatic rings. The number of rotatable bonds is 5. The maximum absolute atomic E-state index is 11.6. The number of hydrogen-bond acceptors (Lipinski definition) is 4. The third-order valence-electron chi connectivity index (χ3n) is 2.91. The number of esters is 1. The Labute approximate surface area is 124 Å². The van der Waals surface area contributed by atoms with Crippen molar-refractivity contribution in [3.05, 3.63) is 65.7 Å². The number of benzene rings is 2. The molecule has 4 nitrogen and oxygen atoms in total. The Bertz CT molecular complexity index is 616. The molecule has 2 rings (SSSR count). The molecule has 108 valence electrons. The zero-order chi connectivity index (χ0) is 15.1. The summed E-state index contributed by atoms with van der Waals surface area (Å²) < 4.78 is 5.17. The zero-order valence-corrected chi connectivity index (χ0v) is 11.7. The second-order valence-corrected chi connectivity index (χ2v) is 4.68. The summed E-state index contributed by atoms with van der Waals surface area (Å²) in [4.78, 5) is 11.6. The van der Waals surface area contributed by atoms with E-state index < -0.39 is 0 Å². The fourth-order valence-electron chi connectivity index (χ4n) is 1.73. The Hall–Kier alpha value is -2.75. The smallest absolute Gasteiger partial charge is 0.309 e. The van der Waals surface area contributed by atoms with Crippen molar-refractivity contribution in [3.63, 3.8) is 0 Å². The van der Waals surface area contributed by atoms with Crippen LogP contribution in [0, 0.1) is 0 Å². The van der Waals surface area contributed by atoms with Crippen molar-refractivity contribution >= 4 is 23.4 Å². The molecule has 0 spiro atoms. The molecule has 0 aromatic heterocycles. The Morgan fingerprint density at radius 1 is 0.952 bits per heavy atom. The number of carbonyl (C=O) groups excluding carboxylic acids is 1. The van der Waals surface area contributed by atoms with Crippen LogP contribution in [0.3, 0.4) is 0 Å². The molecule has 4 N–H and O–H groups in total. The van der Waals surface area contributed by atoms with Crippen LogP contribution in [0.4, 0.5) is 11.4 Å². The first-order valence-corrected chi connectivity index (χ1v) is 6.65. The summed E-state index contributed by atoms with van der Waals surface area (Å²) in [7, 11) is 0. The van der Waals surface area contributed by atoms with Crippen molar-refractivity contribution in [1.29, 1.82) is 0 Å². The van der Waals surface area contributed by atoms with Gasteiger partial charge in [0.15, 0.2) is 0 Å². The van der Waals surface area contributed by atoms with Crippen LogP contribution in [0.5, 0.6) is 0 Å². The van der Waals surface area contributed by atoms with Gasteiger partial charge in [0.2, 0.25) is 0 Å². The van der Waals surface area contributed by atoms with Gasteiger partial charge in [0, 0.05) is 11.4 Å². The quantitative estimate of drug-likeness (QED) is 0.652. The van der Waals surface area contributed by atoms with E-state index in [1.807, 2.05) is 42.5 Å². The molecule has 0 aliphatic carbocycles. The molecule has 0 saturated heterocycles. The van der Waals surface area contributed by atoms with Crippen molar-refractivity contribution in [1.82, 2.24) is 0 Å². The molecule has 0 radical (unpaired) electrons. The molecule has 0 amide bonds. The van der Waals surface area contributed by atoms with Gasteiger partial charge < -0.3 is 16.2 Å². The largest absolute Gasteiger partial charge is 0.461 e. The van der Waals surface area contributed by atoms with Crippen LogP contribution in [0.25, 0.3) is 6.08 Å². The molecular weight excluding hydrogens is 264 g/mol. The lowest BCUT2D eigenvalue weighted by Gasteiger charge is -2.03. The summed E-state index contributed by atoms with van der Waals surface area (Å²) in [5.41, 5.74) is 14.5. The number of nitrogens with two attached hydrogens (primary N) is 2. The van der Waals surface area contributed by atoms with E-state index in [2.05, 4.69) is 0 Å². The van der Waals surface area contributed by atoms with Crippen molar-refractivity contribution in [2.75, 3.05) is 11.5 Å². The van der Waals surface area contributed by atoms with Gasteiger partial charge in [-0.2, -0.15) is 0 Å². The van der Waals surface area contributed by atoms with E-state index in [4.69, 9.17) is 16.2 Å². The van der Waals surface area contributed by atoms with E-state index in [9.17, 15) is 4.79 Å². The third kappa shape index (κ3) is 5.03. The van der Waals surface area contributed by atoms with Gasteiger partial charge in [0.05, 0.1) is 6.42 Å². The fourth-order valence-corrected chi connectivity index (χ4v) is 1.73. The van der Waals surface area contributed by atoms with Crippen molar-refractivity contribution in [3.8, 4) is 0 Å². The van der Waals surface area contributed by atoms with E-state index in [1.165, 1.54) is 0 Å². The lowest BCUT2D eigenvalue weighted by molar-refractivity contribution is -0.143. The Morgan fingerprint density at radius 3 is 2.14 bits per heavy atom. The highest BCUT2D eigenvalue weighted by atomic mass is 16.5. The molecule has 0 unspecified atom stereocenters. The summed E-state index contributed by atoms with van der Waals surface area (Å²) in [5, 5.41) is 0. The Morgan fingerprint density at radius 2 is 1.52 bits per heavy atom. The lowest BCUT2D eigenvalue weighted by atomic mass is 10.2. The normalized spacial score (nSPS) is 10.7. The number of nitrogen functional groups attached to an aromatic ring is 2. The average Bonchev–Trinajstić information content (AvgIpc) is 2.49. The van der Waals surface area contributed by atoms with Crippen LogP contribution >= 0.6 is 0 Å². The standard InChI is InChI=1S/C17H18N2O2/c18-15-8-4-13(5-9-15)2-1-3-17(20)21-12-14-6-10-16(19)11-7-14/h1-2,4-11H,3,12,18-19H2/b2-1+. The number of hydrogen-bond donors (Lipinski definition) is 2. The third-order valence-corrected chi connectivity index (χ3v) is 2.91. The van der Waals surface area contributed by atoms with E-state index >= 15 is 0 Å². The predicted molar refractivity (Wildman–Crippen MR) is 85.2 cm³/mol. The van der Waals surface area contributed by atoms with E-state index in [0.29, 0.717) is 5.69 Å². The summed E-state index contributed by atoms with van der Waals surface area (Å²) >= 11 is 0. The highest BCUT2D eigenvalue weighted by Gasteiger charge is 2.00. The van der Waals surface area contributed by atoms with Gasteiger partial charge in [-0.25, -0.2) is 0 Å². The molecule has 2 aromatic carbocycles. The average molecular weight is 282 g/mol. The molecule has 0 atom stereocenters. The zero-order valence-electron chi connectivity index (χ0n) is 11.7. The minimum Gasteiger partial charge on any atom is -0.461 e. The lowest BCUT2D eigenvalue weighted by Crippen LogP contribution is -2.03. The molecular formula is C17H18N2O2. The summed E-state index contributed by atoms with van der Waals surface area (Å²) in [6.45, 7) is 0.259. The van der Waals surface area contributed by atoms with Crippen LogP contribution in [0.1, 0.15) is 17.5 Å². The minimum absolute atomic E-state index is 0.235. The van der Waals surface area contributed by atoms with Crippen LogP contribution in [-0.4, -0.2) is 5.97 Å². The number of ether oxygens (including phenoxy) is 1.